The quantitative estimate of drug-likeness (QED) is 0.837. The first-order valence-electron chi connectivity index (χ1n) is 6.88. The first-order valence-corrected chi connectivity index (χ1v) is 7.67. The lowest BCUT2D eigenvalue weighted by molar-refractivity contribution is 0.170. The standard InChI is InChI=1S/C17H20BrNO2/c1-12-6-7-17(21-2)15(8-12)16(20)11-19-10-13-4-3-5-14(18)9-13/h3-9,16,19-20H,10-11H2,1-2H3. The van der Waals surface area contributed by atoms with E-state index >= 15 is 0 Å². The Hall–Kier alpha value is -1.36. The van der Waals surface area contributed by atoms with E-state index in [0.29, 0.717) is 13.1 Å². The summed E-state index contributed by atoms with van der Waals surface area (Å²) in [5.41, 5.74) is 3.10. The Morgan fingerprint density at radius 3 is 2.76 bits per heavy atom. The summed E-state index contributed by atoms with van der Waals surface area (Å²) in [5.74, 6) is 0.720. The highest BCUT2D eigenvalue weighted by Crippen LogP contribution is 2.25. The summed E-state index contributed by atoms with van der Waals surface area (Å²) in [5, 5.41) is 13.6. The molecule has 0 spiro atoms. The fourth-order valence-electron chi connectivity index (χ4n) is 2.22. The van der Waals surface area contributed by atoms with Crippen LogP contribution in [0.2, 0.25) is 0 Å². The van der Waals surface area contributed by atoms with Crippen LogP contribution in [0.4, 0.5) is 0 Å². The van der Waals surface area contributed by atoms with E-state index in [0.717, 1.165) is 21.3 Å². The van der Waals surface area contributed by atoms with Gasteiger partial charge in [-0.2, -0.15) is 0 Å². The maximum Gasteiger partial charge on any atom is 0.124 e. The Kier molecular flexibility index (Phi) is 5.79. The molecule has 0 aromatic heterocycles. The minimum atomic E-state index is -0.591. The van der Waals surface area contributed by atoms with E-state index in [1.807, 2.05) is 37.3 Å². The molecule has 0 aliphatic heterocycles. The molecule has 1 atom stereocenters. The molecule has 0 heterocycles. The third-order valence-corrected chi connectivity index (χ3v) is 3.79. The zero-order valence-electron chi connectivity index (χ0n) is 12.3. The largest absolute Gasteiger partial charge is 0.496 e. The summed E-state index contributed by atoms with van der Waals surface area (Å²) in [6.45, 7) is 3.20. The highest BCUT2D eigenvalue weighted by molar-refractivity contribution is 9.10. The van der Waals surface area contributed by atoms with Crippen molar-refractivity contribution in [2.45, 2.75) is 19.6 Å². The Labute approximate surface area is 134 Å². The van der Waals surface area contributed by atoms with Gasteiger partial charge in [0.2, 0.25) is 0 Å². The normalized spacial score (nSPS) is 12.2. The number of aliphatic hydroxyl groups excluding tert-OH is 1. The van der Waals surface area contributed by atoms with E-state index in [4.69, 9.17) is 4.74 Å². The highest BCUT2D eigenvalue weighted by atomic mass is 79.9. The van der Waals surface area contributed by atoms with Crippen LogP contribution < -0.4 is 10.1 Å². The van der Waals surface area contributed by atoms with Crippen molar-refractivity contribution in [2.75, 3.05) is 13.7 Å². The van der Waals surface area contributed by atoms with Gasteiger partial charge in [0.1, 0.15) is 5.75 Å². The molecule has 0 aliphatic rings. The summed E-state index contributed by atoms with van der Waals surface area (Å²) in [6.07, 6.45) is -0.591. The lowest BCUT2D eigenvalue weighted by Gasteiger charge is -2.16. The minimum absolute atomic E-state index is 0.478. The molecule has 112 valence electrons. The van der Waals surface area contributed by atoms with Crippen LogP contribution >= 0.6 is 15.9 Å². The summed E-state index contributed by atoms with van der Waals surface area (Å²) in [6, 6.07) is 13.9. The third-order valence-electron chi connectivity index (χ3n) is 3.30. The van der Waals surface area contributed by atoms with Crippen LogP contribution in [0.1, 0.15) is 22.8 Å². The molecule has 0 amide bonds. The molecular formula is C17H20BrNO2. The molecule has 2 rings (SSSR count). The van der Waals surface area contributed by atoms with Crippen molar-refractivity contribution in [3.8, 4) is 5.75 Å². The Balaban J connectivity index is 1.95. The smallest absolute Gasteiger partial charge is 0.124 e. The van der Waals surface area contributed by atoms with Gasteiger partial charge in [0.15, 0.2) is 0 Å². The number of methoxy groups -OCH3 is 1. The van der Waals surface area contributed by atoms with Gasteiger partial charge in [0.05, 0.1) is 13.2 Å². The van der Waals surface area contributed by atoms with Gasteiger partial charge in [-0.1, -0.05) is 39.7 Å². The average molecular weight is 350 g/mol. The Morgan fingerprint density at radius 1 is 1.24 bits per heavy atom. The van der Waals surface area contributed by atoms with Crippen molar-refractivity contribution in [3.63, 3.8) is 0 Å². The topological polar surface area (TPSA) is 41.5 Å². The van der Waals surface area contributed by atoms with Crippen LogP contribution in [0.15, 0.2) is 46.9 Å². The zero-order chi connectivity index (χ0) is 15.2. The predicted molar refractivity (Wildman–Crippen MR) is 88.5 cm³/mol. The molecule has 1 unspecified atom stereocenters. The van der Waals surface area contributed by atoms with Crippen LogP contribution in [0.25, 0.3) is 0 Å². The fraction of sp³-hybridized carbons (Fsp3) is 0.294. The van der Waals surface area contributed by atoms with E-state index in [9.17, 15) is 5.11 Å². The molecule has 0 saturated carbocycles. The van der Waals surface area contributed by atoms with Crippen molar-refractivity contribution in [1.82, 2.24) is 5.32 Å². The molecule has 0 fully saturated rings. The number of aliphatic hydroxyl groups is 1. The van der Waals surface area contributed by atoms with Gasteiger partial charge in [-0.3, -0.25) is 0 Å². The molecule has 0 saturated heterocycles. The van der Waals surface area contributed by atoms with Gasteiger partial charge in [0, 0.05) is 23.1 Å². The van der Waals surface area contributed by atoms with Crippen molar-refractivity contribution in [2.24, 2.45) is 0 Å². The van der Waals surface area contributed by atoms with E-state index in [1.165, 1.54) is 5.56 Å². The average Bonchev–Trinajstić information content (AvgIpc) is 2.47. The van der Waals surface area contributed by atoms with Crippen LogP contribution in [-0.2, 0) is 6.54 Å². The molecule has 21 heavy (non-hydrogen) atoms. The molecule has 0 radical (unpaired) electrons. The minimum Gasteiger partial charge on any atom is -0.496 e. The Bertz CT molecular complexity index is 601. The van der Waals surface area contributed by atoms with Crippen LogP contribution in [-0.4, -0.2) is 18.8 Å². The lowest BCUT2D eigenvalue weighted by Crippen LogP contribution is -2.21. The Morgan fingerprint density at radius 2 is 2.05 bits per heavy atom. The molecular weight excluding hydrogens is 330 g/mol. The molecule has 0 bridgehead atoms. The van der Waals surface area contributed by atoms with Gasteiger partial charge >= 0.3 is 0 Å². The monoisotopic (exact) mass is 349 g/mol. The van der Waals surface area contributed by atoms with Gasteiger partial charge in [0.25, 0.3) is 0 Å². The van der Waals surface area contributed by atoms with Crippen molar-refractivity contribution in [3.05, 3.63) is 63.6 Å². The van der Waals surface area contributed by atoms with Crippen molar-refractivity contribution < 1.29 is 9.84 Å². The maximum atomic E-state index is 10.3. The van der Waals surface area contributed by atoms with E-state index in [1.54, 1.807) is 7.11 Å². The zero-order valence-corrected chi connectivity index (χ0v) is 13.9. The molecule has 3 nitrogen and oxygen atoms in total. The second-order valence-corrected chi connectivity index (χ2v) is 5.94. The first-order chi connectivity index (χ1) is 10.1. The van der Waals surface area contributed by atoms with Crippen LogP contribution in [0.5, 0.6) is 5.75 Å². The molecule has 2 aromatic rings. The van der Waals surface area contributed by atoms with Crippen LogP contribution in [0, 0.1) is 6.92 Å². The number of aryl methyl sites for hydroxylation is 1. The second kappa shape index (κ2) is 7.59. The summed E-state index contributed by atoms with van der Waals surface area (Å²) < 4.78 is 6.37. The second-order valence-electron chi connectivity index (χ2n) is 5.02. The fourth-order valence-corrected chi connectivity index (χ4v) is 2.67. The highest BCUT2D eigenvalue weighted by Gasteiger charge is 2.13. The van der Waals surface area contributed by atoms with Crippen molar-refractivity contribution in [1.29, 1.82) is 0 Å². The number of nitrogens with one attached hydrogen (secondary N) is 1. The summed E-state index contributed by atoms with van der Waals surface area (Å²) >= 11 is 3.45. The maximum absolute atomic E-state index is 10.3. The lowest BCUT2D eigenvalue weighted by atomic mass is 10.0. The molecule has 2 N–H and O–H groups in total. The number of rotatable bonds is 6. The number of hydrogen-bond acceptors (Lipinski definition) is 3. The predicted octanol–water partition coefficient (Wildman–Crippen LogP) is 3.59. The van der Waals surface area contributed by atoms with E-state index in [-0.39, 0.29) is 0 Å². The molecule has 4 heteroatoms. The summed E-state index contributed by atoms with van der Waals surface area (Å²) in [7, 11) is 1.62. The van der Waals surface area contributed by atoms with Gasteiger partial charge in [-0.15, -0.1) is 0 Å². The number of ether oxygens (including phenoxy) is 1. The van der Waals surface area contributed by atoms with Gasteiger partial charge in [-0.25, -0.2) is 0 Å². The number of benzene rings is 2. The molecule has 0 aliphatic carbocycles. The molecule has 2 aromatic carbocycles. The first kappa shape index (κ1) is 16.0. The van der Waals surface area contributed by atoms with E-state index in [2.05, 4.69) is 33.4 Å². The van der Waals surface area contributed by atoms with Crippen LogP contribution in [0.3, 0.4) is 0 Å². The van der Waals surface area contributed by atoms with Crippen molar-refractivity contribution >= 4 is 15.9 Å². The van der Waals surface area contributed by atoms with E-state index < -0.39 is 6.10 Å². The summed E-state index contributed by atoms with van der Waals surface area (Å²) in [4.78, 5) is 0. The number of halogens is 1. The number of hydrogen-bond donors (Lipinski definition) is 2. The SMILES string of the molecule is COc1ccc(C)cc1C(O)CNCc1cccc(Br)c1. The van der Waals surface area contributed by atoms with Gasteiger partial charge in [-0.05, 0) is 36.8 Å². The van der Waals surface area contributed by atoms with Gasteiger partial charge < -0.3 is 15.2 Å². The third kappa shape index (κ3) is 4.56.